The summed E-state index contributed by atoms with van der Waals surface area (Å²) >= 11 is 0. The van der Waals surface area contributed by atoms with Gasteiger partial charge in [0.15, 0.2) is 0 Å². The topological polar surface area (TPSA) is 41.1 Å². The number of halogens is 3. The number of alkyl halides is 3. The Morgan fingerprint density at radius 2 is 2.00 bits per heavy atom. The van der Waals surface area contributed by atoms with Gasteiger partial charge in [0.25, 0.3) is 5.91 Å². The predicted molar refractivity (Wildman–Crippen MR) is 69.3 cm³/mol. The van der Waals surface area contributed by atoms with Gasteiger partial charge in [-0.15, -0.1) is 0 Å². The third kappa shape index (κ3) is 3.50. The number of amides is 1. The second kappa shape index (κ2) is 5.83. The Morgan fingerprint density at radius 1 is 1.30 bits per heavy atom. The zero-order valence-corrected chi connectivity index (χ0v) is 11.1. The van der Waals surface area contributed by atoms with Crippen LogP contribution in [0.5, 0.6) is 0 Å². The van der Waals surface area contributed by atoms with E-state index in [1.165, 1.54) is 18.2 Å². The molecule has 1 aliphatic heterocycles. The Morgan fingerprint density at radius 3 is 2.65 bits per heavy atom. The molecule has 1 fully saturated rings. The van der Waals surface area contributed by atoms with Gasteiger partial charge < -0.3 is 10.6 Å². The van der Waals surface area contributed by atoms with Gasteiger partial charge in [0.05, 0.1) is 11.1 Å². The molecule has 1 aliphatic rings. The van der Waals surface area contributed by atoms with Crippen LogP contribution in [0.15, 0.2) is 24.3 Å². The summed E-state index contributed by atoms with van der Waals surface area (Å²) in [7, 11) is 0. The minimum atomic E-state index is -4.52. The molecule has 0 spiro atoms. The Hall–Kier alpha value is -1.56. The highest BCUT2D eigenvalue weighted by molar-refractivity contribution is 5.96. The van der Waals surface area contributed by atoms with E-state index in [0.29, 0.717) is 12.5 Å². The van der Waals surface area contributed by atoms with Gasteiger partial charge in [0.1, 0.15) is 0 Å². The summed E-state index contributed by atoms with van der Waals surface area (Å²) < 4.78 is 38.6. The predicted octanol–water partition coefficient (Wildman–Crippen LogP) is 2.43. The molecule has 0 aliphatic carbocycles. The summed E-state index contributed by atoms with van der Waals surface area (Å²) in [6.45, 7) is 3.49. The molecule has 1 saturated heterocycles. The fourth-order valence-corrected chi connectivity index (χ4v) is 2.46. The molecule has 2 rings (SSSR count). The van der Waals surface area contributed by atoms with Crippen molar-refractivity contribution >= 4 is 5.91 Å². The fourth-order valence-electron chi connectivity index (χ4n) is 2.46. The van der Waals surface area contributed by atoms with E-state index in [-0.39, 0.29) is 11.6 Å². The molecule has 6 heteroatoms. The molecule has 1 heterocycles. The van der Waals surface area contributed by atoms with E-state index in [0.717, 1.165) is 19.0 Å². The summed E-state index contributed by atoms with van der Waals surface area (Å²) in [4.78, 5) is 12.0. The van der Waals surface area contributed by atoms with E-state index in [2.05, 4.69) is 10.6 Å². The van der Waals surface area contributed by atoms with E-state index >= 15 is 0 Å². The molecule has 1 amide bonds. The van der Waals surface area contributed by atoms with Crippen LogP contribution in [0.2, 0.25) is 0 Å². The zero-order chi connectivity index (χ0) is 14.8. The van der Waals surface area contributed by atoms with Crippen LogP contribution in [-0.2, 0) is 6.18 Å². The van der Waals surface area contributed by atoms with Crippen LogP contribution in [-0.4, -0.2) is 25.0 Å². The van der Waals surface area contributed by atoms with E-state index in [1.54, 1.807) is 0 Å². The van der Waals surface area contributed by atoms with Crippen LogP contribution in [0.25, 0.3) is 0 Å². The smallest absolute Gasteiger partial charge is 0.348 e. The molecule has 20 heavy (non-hydrogen) atoms. The monoisotopic (exact) mass is 286 g/mol. The first-order valence-corrected chi connectivity index (χ1v) is 6.55. The van der Waals surface area contributed by atoms with E-state index in [1.807, 2.05) is 6.92 Å². The van der Waals surface area contributed by atoms with Crippen LogP contribution in [0.1, 0.15) is 29.3 Å². The van der Waals surface area contributed by atoms with E-state index in [9.17, 15) is 18.0 Å². The highest BCUT2D eigenvalue weighted by Crippen LogP contribution is 2.31. The molecular weight excluding hydrogens is 269 g/mol. The number of hydrogen-bond acceptors (Lipinski definition) is 2. The van der Waals surface area contributed by atoms with Crippen molar-refractivity contribution in [2.45, 2.75) is 25.6 Å². The molecule has 2 atom stereocenters. The highest BCUT2D eigenvalue weighted by Gasteiger charge is 2.35. The number of rotatable bonds is 2. The SMILES string of the molecule is CC1CNCC(NC(=O)c2ccccc2C(F)(F)F)C1. The van der Waals surface area contributed by atoms with E-state index in [4.69, 9.17) is 0 Å². The van der Waals surface area contributed by atoms with Crippen molar-refractivity contribution in [3.8, 4) is 0 Å². The normalized spacial score (nSPS) is 23.4. The molecule has 3 nitrogen and oxygen atoms in total. The average Bonchev–Trinajstić information content (AvgIpc) is 2.37. The molecule has 2 N–H and O–H groups in total. The Kier molecular flexibility index (Phi) is 4.32. The molecule has 0 saturated carbocycles. The second-order valence-electron chi connectivity index (χ2n) is 5.21. The largest absolute Gasteiger partial charge is 0.417 e. The number of hydrogen-bond donors (Lipinski definition) is 2. The maximum absolute atomic E-state index is 12.9. The van der Waals surface area contributed by atoms with Gasteiger partial charge in [-0.1, -0.05) is 19.1 Å². The van der Waals surface area contributed by atoms with Gasteiger partial charge in [-0.25, -0.2) is 0 Å². The van der Waals surface area contributed by atoms with Crippen LogP contribution in [0.3, 0.4) is 0 Å². The van der Waals surface area contributed by atoms with Crippen molar-refractivity contribution in [3.05, 3.63) is 35.4 Å². The van der Waals surface area contributed by atoms with Gasteiger partial charge in [0, 0.05) is 12.6 Å². The zero-order valence-electron chi connectivity index (χ0n) is 11.1. The number of benzene rings is 1. The minimum absolute atomic E-state index is 0.132. The summed E-state index contributed by atoms with van der Waals surface area (Å²) in [5, 5.41) is 5.83. The van der Waals surface area contributed by atoms with Crippen LogP contribution < -0.4 is 10.6 Å². The minimum Gasteiger partial charge on any atom is -0.348 e. The first kappa shape index (κ1) is 14.8. The maximum Gasteiger partial charge on any atom is 0.417 e. The summed E-state index contributed by atoms with van der Waals surface area (Å²) in [5.41, 5.74) is -1.22. The lowest BCUT2D eigenvalue weighted by atomic mass is 9.97. The second-order valence-corrected chi connectivity index (χ2v) is 5.21. The molecular formula is C14H17F3N2O. The molecule has 0 aromatic heterocycles. The summed E-state index contributed by atoms with van der Waals surface area (Å²) in [6, 6.07) is 4.72. The van der Waals surface area contributed by atoms with Crippen molar-refractivity contribution in [3.63, 3.8) is 0 Å². The third-order valence-corrected chi connectivity index (χ3v) is 3.38. The van der Waals surface area contributed by atoms with Crippen molar-refractivity contribution in [1.29, 1.82) is 0 Å². The first-order valence-electron chi connectivity index (χ1n) is 6.55. The highest BCUT2D eigenvalue weighted by atomic mass is 19.4. The Balaban J connectivity index is 2.13. The summed E-state index contributed by atoms with van der Waals surface area (Å²) in [6.07, 6.45) is -3.75. The maximum atomic E-state index is 12.9. The summed E-state index contributed by atoms with van der Waals surface area (Å²) in [5.74, 6) is -0.272. The number of carbonyl (C=O) groups is 1. The van der Waals surface area contributed by atoms with Crippen molar-refractivity contribution in [1.82, 2.24) is 10.6 Å². The number of piperidine rings is 1. The standard InChI is InChI=1S/C14H17F3N2O/c1-9-6-10(8-18-7-9)19-13(20)11-4-2-3-5-12(11)14(15,16)17/h2-5,9-10,18H,6-8H2,1H3,(H,19,20). The van der Waals surface area contributed by atoms with Gasteiger partial charge >= 0.3 is 6.18 Å². The lowest BCUT2D eigenvalue weighted by molar-refractivity contribution is -0.137. The third-order valence-electron chi connectivity index (χ3n) is 3.38. The average molecular weight is 286 g/mol. The lowest BCUT2D eigenvalue weighted by Gasteiger charge is -2.28. The first-order chi connectivity index (χ1) is 9.38. The molecule has 1 aromatic rings. The number of nitrogens with one attached hydrogen (secondary N) is 2. The number of carbonyl (C=O) groups excluding carboxylic acids is 1. The van der Waals surface area contributed by atoms with E-state index < -0.39 is 17.6 Å². The Labute approximate surface area is 115 Å². The van der Waals surface area contributed by atoms with Gasteiger partial charge in [-0.3, -0.25) is 4.79 Å². The molecule has 2 unspecified atom stereocenters. The van der Waals surface area contributed by atoms with Gasteiger partial charge in [0.2, 0.25) is 0 Å². The van der Waals surface area contributed by atoms with Gasteiger partial charge in [-0.05, 0) is 31.0 Å². The fraction of sp³-hybridized carbons (Fsp3) is 0.500. The van der Waals surface area contributed by atoms with Crippen molar-refractivity contribution in [2.75, 3.05) is 13.1 Å². The Bertz CT molecular complexity index is 488. The van der Waals surface area contributed by atoms with Crippen LogP contribution in [0.4, 0.5) is 13.2 Å². The quantitative estimate of drug-likeness (QED) is 0.876. The van der Waals surface area contributed by atoms with Crippen molar-refractivity contribution in [2.24, 2.45) is 5.92 Å². The lowest BCUT2D eigenvalue weighted by Crippen LogP contribution is -2.48. The molecule has 0 radical (unpaired) electrons. The van der Waals surface area contributed by atoms with Gasteiger partial charge in [-0.2, -0.15) is 13.2 Å². The molecule has 110 valence electrons. The van der Waals surface area contributed by atoms with Crippen molar-refractivity contribution < 1.29 is 18.0 Å². The molecule has 1 aromatic carbocycles. The molecule has 0 bridgehead atoms. The van der Waals surface area contributed by atoms with Crippen LogP contribution in [0, 0.1) is 5.92 Å². The van der Waals surface area contributed by atoms with Crippen LogP contribution >= 0.6 is 0 Å².